The smallest absolute Gasteiger partial charge is 0.450 e. The number of nitrogens with zero attached hydrogens (tertiary/aromatic N) is 1. The summed E-state index contributed by atoms with van der Waals surface area (Å²) in [5.41, 5.74) is -4.00. The van der Waals surface area contributed by atoms with E-state index >= 15 is 0 Å². The Kier molecular flexibility index (Phi) is 4.25. The minimum atomic E-state index is -5.09. The minimum absolute atomic E-state index is 0.101. The quantitative estimate of drug-likeness (QED) is 0.644. The van der Waals surface area contributed by atoms with Gasteiger partial charge in [-0.3, -0.25) is 4.90 Å². The van der Waals surface area contributed by atoms with Crippen molar-refractivity contribution in [2.45, 2.75) is 18.6 Å². The van der Waals surface area contributed by atoms with Crippen molar-refractivity contribution in [2.75, 3.05) is 11.4 Å². The van der Waals surface area contributed by atoms with Gasteiger partial charge in [-0.1, -0.05) is 0 Å². The van der Waals surface area contributed by atoms with Gasteiger partial charge in [-0.25, -0.2) is 9.59 Å². The van der Waals surface area contributed by atoms with Gasteiger partial charge in [0.15, 0.2) is 0 Å². The summed E-state index contributed by atoms with van der Waals surface area (Å²) in [6, 6.07) is 0.537. The highest BCUT2D eigenvalue weighted by atomic mass is 19.4. The van der Waals surface area contributed by atoms with Crippen LogP contribution < -0.4 is 4.90 Å². The minimum Gasteiger partial charge on any atom is -0.450 e. The van der Waals surface area contributed by atoms with Crippen molar-refractivity contribution >= 4 is 17.9 Å². The Bertz CT molecular complexity index is 639. The van der Waals surface area contributed by atoms with E-state index in [0.717, 1.165) is 0 Å². The second-order valence-corrected chi connectivity index (χ2v) is 4.57. The van der Waals surface area contributed by atoms with E-state index in [0.29, 0.717) is 17.0 Å². The fourth-order valence-electron chi connectivity index (χ4n) is 1.92. The molecule has 1 heterocycles. The summed E-state index contributed by atoms with van der Waals surface area (Å²) in [6.07, 6.45) is -15.0. The lowest BCUT2D eigenvalue weighted by Crippen LogP contribution is -2.27. The lowest BCUT2D eigenvalue weighted by molar-refractivity contribution is -0.143. The van der Waals surface area contributed by atoms with Gasteiger partial charge in [0.25, 0.3) is 6.29 Å². The molecule has 1 unspecified atom stereocenters. The second-order valence-electron chi connectivity index (χ2n) is 4.57. The number of ether oxygens (including phenoxy) is 2. The van der Waals surface area contributed by atoms with E-state index in [1.807, 2.05) is 0 Å². The summed E-state index contributed by atoms with van der Waals surface area (Å²) >= 11 is 0. The molecule has 1 saturated heterocycles. The first-order chi connectivity index (χ1) is 10.9. The third-order valence-electron chi connectivity index (χ3n) is 2.90. The molecule has 0 radical (unpaired) electrons. The summed E-state index contributed by atoms with van der Waals surface area (Å²) in [6.45, 7) is -0.691. The zero-order valence-electron chi connectivity index (χ0n) is 11.3. The lowest BCUT2D eigenvalue weighted by Gasteiger charge is -2.18. The number of cyclic esters (lactones) is 1. The molecule has 0 aromatic heterocycles. The van der Waals surface area contributed by atoms with Crippen LogP contribution in [0.4, 0.5) is 41.6 Å². The van der Waals surface area contributed by atoms with Crippen LogP contribution in [0, 0.1) is 0 Å². The SMILES string of the molecule is O=C(O)OC1CN(c2cc(C(F)(F)F)cc(C(F)(F)F)c2)C(=O)O1. The maximum atomic E-state index is 12.8. The molecular weight excluding hydrogens is 352 g/mol. The molecule has 1 aliphatic rings. The van der Waals surface area contributed by atoms with E-state index in [-0.39, 0.29) is 6.07 Å². The number of benzene rings is 1. The van der Waals surface area contributed by atoms with E-state index in [9.17, 15) is 35.9 Å². The molecule has 1 aromatic rings. The van der Waals surface area contributed by atoms with Crippen LogP contribution in [0.3, 0.4) is 0 Å². The van der Waals surface area contributed by atoms with Crippen LogP contribution in [0.1, 0.15) is 11.1 Å². The Labute approximate surface area is 129 Å². The van der Waals surface area contributed by atoms with Crippen LogP contribution in [0.5, 0.6) is 0 Å². The summed E-state index contributed by atoms with van der Waals surface area (Å²) in [5, 5.41) is 8.39. The van der Waals surface area contributed by atoms with Gasteiger partial charge in [0.1, 0.15) is 6.54 Å². The summed E-state index contributed by atoms with van der Waals surface area (Å²) in [4.78, 5) is 22.3. The summed E-state index contributed by atoms with van der Waals surface area (Å²) in [5.74, 6) is 0. The largest absolute Gasteiger partial charge is 0.508 e. The Morgan fingerprint density at radius 2 is 1.62 bits per heavy atom. The molecule has 1 amide bonds. The number of hydrogen-bond acceptors (Lipinski definition) is 4. The first-order valence-corrected chi connectivity index (χ1v) is 6.05. The van der Waals surface area contributed by atoms with E-state index in [4.69, 9.17) is 5.11 Å². The van der Waals surface area contributed by atoms with Crippen molar-refractivity contribution in [1.29, 1.82) is 0 Å². The molecule has 0 saturated carbocycles. The predicted molar refractivity (Wildman–Crippen MR) is 63.2 cm³/mol. The maximum Gasteiger partial charge on any atom is 0.508 e. The Morgan fingerprint density at radius 3 is 2.04 bits per heavy atom. The number of hydrogen-bond donors (Lipinski definition) is 1. The van der Waals surface area contributed by atoms with Crippen molar-refractivity contribution in [2.24, 2.45) is 0 Å². The number of halogens is 6. The topological polar surface area (TPSA) is 76.1 Å². The van der Waals surface area contributed by atoms with E-state index in [2.05, 4.69) is 9.47 Å². The second kappa shape index (κ2) is 5.76. The molecule has 0 aliphatic carbocycles. The fourth-order valence-corrected chi connectivity index (χ4v) is 1.92. The Balaban J connectivity index is 2.42. The highest BCUT2D eigenvalue weighted by molar-refractivity contribution is 5.90. The van der Waals surface area contributed by atoms with Crippen LogP contribution in [-0.2, 0) is 21.8 Å². The highest BCUT2D eigenvalue weighted by Gasteiger charge is 2.40. The third kappa shape index (κ3) is 3.81. The van der Waals surface area contributed by atoms with E-state index in [1.54, 1.807) is 0 Å². The van der Waals surface area contributed by atoms with Crippen LogP contribution in [0.25, 0.3) is 0 Å². The number of carbonyl (C=O) groups excluding carboxylic acids is 1. The van der Waals surface area contributed by atoms with Gasteiger partial charge in [-0.2, -0.15) is 26.3 Å². The monoisotopic (exact) mass is 359 g/mol. The van der Waals surface area contributed by atoms with Crippen molar-refractivity contribution < 1.29 is 50.5 Å². The standard InChI is InChI=1S/C12H7F6NO5/c13-11(14,15)5-1-6(12(16,17)18)3-7(2-5)19-4-8(23-9(19)20)24-10(21)22/h1-3,8H,4H2,(H,21,22). The molecular formula is C12H7F6NO5. The average molecular weight is 359 g/mol. The van der Waals surface area contributed by atoms with Gasteiger partial charge >= 0.3 is 24.6 Å². The number of rotatable bonds is 2. The molecule has 1 aliphatic heterocycles. The van der Waals surface area contributed by atoms with Gasteiger partial charge in [-0.15, -0.1) is 0 Å². The number of anilines is 1. The summed E-state index contributed by atoms with van der Waals surface area (Å²) < 4.78 is 85.1. The van der Waals surface area contributed by atoms with Crippen molar-refractivity contribution in [3.8, 4) is 0 Å². The van der Waals surface area contributed by atoms with Crippen LogP contribution in [-0.4, -0.2) is 30.2 Å². The number of carboxylic acid groups (broad SMARTS) is 1. The number of alkyl halides is 6. The Morgan fingerprint density at radius 1 is 1.12 bits per heavy atom. The third-order valence-corrected chi connectivity index (χ3v) is 2.90. The molecule has 24 heavy (non-hydrogen) atoms. The first kappa shape index (κ1) is 17.7. The number of amides is 1. The zero-order chi connectivity index (χ0) is 18.3. The summed E-state index contributed by atoms with van der Waals surface area (Å²) in [7, 11) is 0. The van der Waals surface area contributed by atoms with Crippen LogP contribution >= 0.6 is 0 Å². The van der Waals surface area contributed by atoms with E-state index < -0.39 is 54.3 Å². The van der Waals surface area contributed by atoms with Gasteiger partial charge in [0, 0.05) is 5.69 Å². The average Bonchev–Trinajstić information content (AvgIpc) is 2.76. The molecule has 0 spiro atoms. The van der Waals surface area contributed by atoms with Gasteiger partial charge in [-0.05, 0) is 18.2 Å². The van der Waals surface area contributed by atoms with Gasteiger partial charge < -0.3 is 14.6 Å². The van der Waals surface area contributed by atoms with Crippen molar-refractivity contribution in [1.82, 2.24) is 0 Å². The molecule has 1 N–H and O–H groups in total. The molecule has 132 valence electrons. The molecule has 1 atom stereocenters. The molecule has 2 rings (SSSR count). The fraction of sp³-hybridized carbons (Fsp3) is 0.333. The van der Waals surface area contributed by atoms with Crippen molar-refractivity contribution in [3.05, 3.63) is 29.3 Å². The zero-order valence-corrected chi connectivity index (χ0v) is 11.3. The molecule has 1 fully saturated rings. The molecule has 0 bridgehead atoms. The van der Waals surface area contributed by atoms with Gasteiger partial charge in [0.05, 0.1) is 11.1 Å². The lowest BCUT2D eigenvalue weighted by atomic mass is 10.1. The Hall–Kier alpha value is -2.66. The number of carbonyl (C=O) groups is 2. The van der Waals surface area contributed by atoms with Gasteiger partial charge in [0.2, 0.25) is 0 Å². The van der Waals surface area contributed by atoms with Crippen LogP contribution in [0.15, 0.2) is 18.2 Å². The molecule has 6 nitrogen and oxygen atoms in total. The van der Waals surface area contributed by atoms with Crippen LogP contribution in [0.2, 0.25) is 0 Å². The van der Waals surface area contributed by atoms with Crippen molar-refractivity contribution in [3.63, 3.8) is 0 Å². The maximum absolute atomic E-state index is 12.8. The highest BCUT2D eigenvalue weighted by Crippen LogP contribution is 2.39. The van der Waals surface area contributed by atoms with E-state index in [1.165, 1.54) is 0 Å². The molecule has 1 aromatic carbocycles. The normalized spacial score (nSPS) is 18.5. The first-order valence-electron chi connectivity index (χ1n) is 6.05. The predicted octanol–water partition coefficient (Wildman–Crippen LogP) is 3.70. The molecule has 12 heteroatoms.